The molecule has 0 saturated heterocycles. The molecule has 0 saturated carbocycles. The number of ether oxygens (including phenoxy) is 2. The molecule has 0 aliphatic carbocycles. The highest BCUT2D eigenvalue weighted by Gasteiger charge is 2.15. The zero-order chi connectivity index (χ0) is 18.6. The molecule has 2 aromatic rings. The molecule has 0 bridgehead atoms. The maximum absolute atomic E-state index is 12.2. The molecule has 6 nitrogen and oxygen atoms in total. The Balaban J connectivity index is 2.30. The number of carbonyl (C=O) groups excluding carboxylic acids is 1. The average Bonchev–Trinajstić information content (AvgIpc) is 2.59. The lowest BCUT2D eigenvalue weighted by Crippen LogP contribution is -1.97. The van der Waals surface area contributed by atoms with Crippen molar-refractivity contribution in [3.63, 3.8) is 0 Å². The predicted octanol–water partition coefficient (Wildman–Crippen LogP) is 4.81. The highest BCUT2D eigenvalue weighted by atomic mass is 35.5. The summed E-state index contributed by atoms with van der Waals surface area (Å²) in [6.07, 6.45) is 2.81. The fourth-order valence-corrected chi connectivity index (χ4v) is 2.59. The summed E-state index contributed by atoms with van der Waals surface area (Å²) in [7, 11) is 2.94. The Kier molecular flexibility index (Phi) is 6.01. The maximum Gasteiger partial charge on any atom is 0.288 e. The summed E-state index contributed by atoms with van der Waals surface area (Å²) < 4.78 is 10.3. The van der Waals surface area contributed by atoms with E-state index in [2.05, 4.69) is 0 Å². The van der Waals surface area contributed by atoms with Gasteiger partial charge in [-0.05, 0) is 35.9 Å². The molecule has 0 aromatic heterocycles. The normalized spacial score (nSPS) is 10.7. The first-order valence-electron chi connectivity index (χ1n) is 6.95. The Morgan fingerprint density at radius 2 is 1.84 bits per heavy atom. The molecule has 25 heavy (non-hydrogen) atoms. The van der Waals surface area contributed by atoms with Crippen LogP contribution in [0.5, 0.6) is 11.5 Å². The maximum atomic E-state index is 12.2. The zero-order valence-corrected chi connectivity index (χ0v) is 14.8. The van der Waals surface area contributed by atoms with Gasteiger partial charge in [0.1, 0.15) is 5.02 Å². The molecule has 0 radical (unpaired) electrons. The van der Waals surface area contributed by atoms with Crippen LogP contribution in [-0.4, -0.2) is 24.9 Å². The molecule has 0 N–H and O–H groups in total. The summed E-state index contributed by atoms with van der Waals surface area (Å²) in [5.74, 6) is 0.399. The monoisotopic (exact) mass is 381 g/mol. The molecule has 130 valence electrons. The summed E-state index contributed by atoms with van der Waals surface area (Å²) in [6, 6.07) is 7.13. The van der Waals surface area contributed by atoms with Gasteiger partial charge in [-0.3, -0.25) is 14.9 Å². The first-order valence-corrected chi connectivity index (χ1v) is 7.70. The highest BCUT2D eigenvalue weighted by Crippen LogP contribution is 2.36. The number of hydrogen-bond acceptors (Lipinski definition) is 5. The van der Waals surface area contributed by atoms with Crippen LogP contribution in [-0.2, 0) is 0 Å². The van der Waals surface area contributed by atoms with Crippen LogP contribution < -0.4 is 9.47 Å². The van der Waals surface area contributed by atoms with Crippen molar-refractivity contribution in [2.75, 3.05) is 14.2 Å². The molecule has 2 aromatic carbocycles. The molecule has 0 unspecified atom stereocenters. The topological polar surface area (TPSA) is 78.7 Å². The van der Waals surface area contributed by atoms with Crippen LogP contribution in [0.2, 0.25) is 10.0 Å². The fourth-order valence-electron chi connectivity index (χ4n) is 2.11. The standard InChI is InChI=1S/C17H13Cl2NO5/c1-24-16-8-10(7-13(19)17(16)25-2)3-6-15(21)11-4-5-12(18)14(9-11)20(22)23/h3-9H,1-2H3/b6-3+. The molecule has 2 rings (SSSR count). The lowest BCUT2D eigenvalue weighted by Gasteiger charge is -2.10. The Morgan fingerprint density at radius 1 is 1.12 bits per heavy atom. The number of nitrogens with zero attached hydrogens (tertiary/aromatic N) is 1. The number of carbonyl (C=O) groups is 1. The number of ketones is 1. The largest absolute Gasteiger partial charge is 0.493 e. The number of halogens is 2. The Bertz CT molecular complexity index is 864. The number of allylic oxidation sites excluding steroid dienone is 1. The molecule has 0 heterocycles. The second kappa shape index (κ2) is 8.00. The average molecular weight is 382 g/mol. The lowest BCUT2D eigenvalue weighted by molar-refractivity contribution is -0.384. The number of nitro groups is 1. The van der Waals surface area contributed by atoms with Crippen molar-refractivity contribution in [2.24, 2.45) is 0 Å². The van der Waals surface area contributed by atoms with Gasteiger partial charge in [-0.1, -0.05) is 29.3 Å². The number of nitro benzene ring substituents is 1. The van der Waals surface area contributed by atoms with Crippen molar-refractivity contribution in [3.05, 3.63) is 67.7 Å². The van der Waals surface area contributed by atoms with Crippen LogP contribution in [0.4, 0.5) is 5.69 Å². The molecule has 0 spiro atoms. The number of hydrogen-bond donors (Lipinski definition) is 0. The van der Waals surface area contributed by atoms with E-state index in [-0.39, 0.29) is 16.3 Å². The first kappa shape index (κ1) is 18.8. The third-order valence-electron chi connectivity index (χ3n) is 3.31. The van der Waals surface area contributed by atoms with E-state index in [1.54, 1.807) is 12.1 Å². The number of benzene rings is 2. The predicted molar refractivity (Wildman–Crippen MR) is 96.0 cm³/mol. The van der Waals surface area contributed by atoms with E-state index in [4.69, 9.17) is 32.7 Å². The van der Waals surface area contributed by atoms with E-state index in [0.29, 0.717) is 22.1 Å². The van der Waals surface area contributed by atoms with Gasteiger partial charge < -0.3 is 9.47 Å². The summed E-state index contributed by atoms with van der Waals surface area (Å²) in [5.41, 5.74) is 0.438. The van der Waals surface area contributed by atoms with Gasteiger partial charge in [0.05, 0.1) is 24.2 Å². The van der Waals surface area contributed by atoms with Gasteiger partial charge in [0.25, 0.3) is 5.69 Å². The van der Waals surface area contributed by atoms with Crippen LogP contribution >= 0.6 is 23.2 Å². The van der Waals surface area contributed by atoms with Gasteiger partial charge in [0, 0.05) is 11.6 Å². The minimum atomic E-state index is -0.642. The van der Waals surface area contributed by atoms with Gasteiger partial charge in [0.2, 0.25) is 0 Å². The molecule has 0 amide bonds. The van der Waals surface area contributed by atoms with E-state index in [0.717, 1.165) is 6.07 Å². The summed E-state index contributed by atoms with van der Waals surface area (Å²) >= 11 is 11.8. The third-order valence-corrected chi connectivity index (χ3v) is 3.91. The quantitative estimate of drug-likeness (QED) is 0.310. The van der Waals surface area contributed by atoms with Crippen molar-refractivity contribution in [3.8, 4) is 11.5 Å². The highest BCUT2D eigenvalue weighted by molar-refractivity contribution is 6.33. The van der Waals surface area contributed by atoms with Crippen LogP contribution in [0.25, 0.3) is 6.08 Å². The smallest absolute Gasteiger partial charge is 0.288 e. The van der Waals surface area contributed by atoms with Gasteiger partial charge in [0.15, 0.2) is 17.3 Å². The SMILES string of the molecule is COc1cc(/C=C/C(=O)c2ccc(Cl)c([N+](=O)[O-])c2)cc(Cl)c1OC. The van der Waals surface area contributed by atoms with Crippen molar-refractivity contribution in [1.29, 1.82) is 0 Å². The minimum absolute atomic E-state index is 0.0304. The lowest BCUT2D eigenvalue weighted by atomic mass is 10.1. The van der Waals surface area contributed by atoms with Gasteiger partial charge >= 0.3 is 0 Å². The van der Waals surface area contributed by atoms with E-state index in [1.165, 1.54) is 38.5 Å². The van der Waals surface area contributed by atoms with Crippen molar-refractivity contribution >= 4 is 40.7 Å². The zero-order valence-electron chi connectivity index (χ0n) is 13.3. The molecular weight excluding hydrogens is 369 g/mol. The van der Waals surface area contributed by atoms with E-state index in [9.17, 15) is 14.9 Å². The van der Waals surface area contributed by atoms with E-state index < -0.39 is 10.7 Å². The third kappa shape index (κ3) is 4.29. The Morgan fingerprint density at radius 3 is 2.44 bits per heavy atom. The number of methoxy groups -OCH3 is 2. The van der Waals surface area contributed by atoms with Crippen molar-refractivity contribution in [2.45, 2.75) is 0 Å². The molecular formula is C17H13Cl2NO5. The Hall–Kier alpha value is -2.57. The molecule has 8 heteroatoms. The fraction of sp³-hybridized carbons (Fsp3) is 0.118. The van der Waals surface area contributed by atoms with E-state index in [1.807, 2.05) is 0 Å². The summed E-state index contributed by atoms with van der Waals surface area (Å²) in [5, 5.41) is 11.2. The second-order valence-electron chi connectivity index (χ2n) is 4.86. The second-order valence-corrected chi connectivity index (χ2v) is 5.67. The van der Waals surface area contributed by atoms with Crippen LogP contribution in [0, 0.1) is 10.1 Å². The van der Waals surface area contributed by atoms with Gasteiger partial charge in [-0.15, -0.1) is 0 Å². The Labute approximate surface area is 153 Å². The minimum Gasteiger partial charge on any atom is -0.493 e. The molecule has 0 atom stereocenters. The van der Waals surface area contributed by atoms with E-state index >= 15 is 0 Å². The first-order chi connectivity index (χ1) is 11.9. The van der Waals surface area contributed by atoms with Crippen LogP contribution in [0.1, 0.15) is 15.9 Å². The van der Waals surface area contributed by atoms with Crippen LogP contribution in [0.15, 0.2) is 36.4 Å². The van der Waals surface area contributed by atoms with Crippen molar-refractivity contribution < 1.29 is 19.2 Å². The number of rotatable bonds is 6. The van der Waals surface area contributed by atoms with Gasteiger partial charge in [-0.25, -0.2) is 0 Å². The van der Waals surface area contributed by atoms with Crippen molar-refractivity contribution in [1.82, 2.24) is 0 Å². The molecule has 0 aliphatic heterocycles. The molecule has 0 fully saturated rings. The summed E-state index contributed by atoms with van der Waals surface area (Å²) in [4.78, 5) is 22.5. The van der Waals surface area contributed by atoms with Gasteiger partial charge in [-0.2, -0.15) is 0 Å². The molecule has 0 aliphatic rings. The summed E-state index contributed by atoms with van der Waals surface area (Å²) in [6.45, 7) is 0. The van der Waals surface area contributed by atoms with Crippen LogP contribution in [0.3, 0.4) is 0 Å².